The topological polar surface area (TPSA) is 86.6 Å². The number of rotatable bonds is 6. The van der Waals surface area contributed by atoms with Gasteiger partial charge in [-0.2, -0.15) is 11.3 Å². The molecule has 1 atom stereocenters. The highest BCUT2D eigenvalue weighted by molar-refractivity contribution is 7.08. The van der Waals surface area contributed by atoms with Crippen LogP contribution in [0.2, 0.25) is 0 Å². The van der Waals surface area contributed by atoms with E-state index in [2.05, 4.69) is 5.32 Å². The minimum absolute atomic E-state index is 0.0700. The maximum Gasteiger partial charge on any atom is 0.326 e. The normalized spacial score (nSPS) is 12.0. The maximum atomic E-state index is 10.8. The zero-order valence-electron chi connectivity index (χ0n) is 7.84. The number of thiophene rings is 1. The van der Waals surface area contributed by atoms with E-state index >= 15 is 0 Å². The van der Waals surface area contributed by atoms with Crippen molar-refractivity contribution < 1.29 is 19.8 Å². The van der Waals surface area contributed by atoms with Crippen LogP contribution in [-0.2, 0) is 9.59 Å². The van der Waals surface area contributed by atoms with Crippen molar-refractivity contribution in [2.24, 2.45) is 0 Å². The molecule has 1 aromatic heterocycles. The molecule has 0 aliphatic rings. The van der Waals surface area contributed by atoms with Crippen LogP contribution >= 0.6 is 11.3 Å². The Labute approximate surface area is 90.4 Å². The number of nitrogens with one attached hydrogen (secondary N) is 1. The van der Waals surface area contributed by atoms with Gasteiger partial charge < -0.3 is 15.5 Å². The first kappa shape index (κ1) is 11.5. The Bertz CT molecular complexity index is 336. The predicted molar refractivity (Wildman–Crippen MR) is 56.2 cm³/mol. The summed E-state index contributed by atoms with van der Waals surface area (Å²) in [6.07, 6.45) is -0.0887. The Balaban J connectivity index is 2.51. The molecule has 82 valence electrons. The van der Waals surface area contributed by atoms with Crippen LogP contribution < -0.4 is 5.32 Å². The van der Waals surface area contributed by atoms with Gasteiger partial charge in [-0.05, 0) is 17.9 Å². The van der Waals surface area contributed by atoms with Gasteiger partial charge in [0.1, 0.15) is 6.04 Å². The van der Waals surface area contributed by atoms with Crippen molar-refractivity contribution in [2.45, 2.75) is 18.9 Å². The second-order valence-corrected chi connectivity index (χ2v) is 3.76. The van der Waals surface area contributed by atoms with Crippen LogP contribution in [0.3, 0.4) is 0 Å². The molecule has 0 aromatic carbocycles. The predicted octanol–water partition coefficient (Wildman–Crippen LogP) is 1.48. The highest BCUT2D eigenvalue weighted by Crippen LogP contribution is 2.14. The Hall–Kier alpha value is -1.56. The fourth-order valence-electron chi connectivity index (χ4n) is 1.07. The number of hydrogen-bond donors (Lipinski definition) is 3. The molecule has 6 heteroatoms. The Morgan fingerprint density at radius 3 is 2.67 bits per heavy atom. The summed E-state index contributed by atoms with van der Waals surface area (Å²) in [7, 11) is 0. The Morgan fingerprint density at radius 2 is 2.20 bits per heavy atom. The standard InChI is InChI=1S/C9H11NO4S/c11-8(12)2-1-7(9(13)14)10-6-3-4-15-5-6/h3-5,7,10H,1-2H2,(H,11,12)(H,13,14)/t7-/m0/s1. The Morgan fingerprint density at radius 1 is 1.47 bits per heavy atom. The largest absolute Gasteiger partial charge is 0.481 e. The third-order valence-electron chi connectivity index (χ3n) is 1.81. The number of anilines is 1. The summed E-state index contributed by atoms with van der Waals surface area (Å²) in [6.45, 7) is 0. The van der Waals surface area contributed by atoms with E-state index < -0.39 is 18.0 Å². The first-order valence-corrected chi connectivity index (χ1v) is 5.27. The molecule has 0 saturated carbocycles. The van der Waals surface area contributed by atoms with Crippen molar-refractivity contribution in [3.05, 3.63) is 16.8 Å². The van der Waals surface area contributed by atoms with Crippen molar-refractivity contribution in [3.63, 3.8) is 0 Å². The van der Waals surface area contributed by atoms with Crippen molar-refractivity contribution >= 4 is 29.0 Å². The minimum Gasteiger partial charge on any atom is -0.481 e. The molecule has 1 rings (SSSR count). The van der Waals surface area contributed by atoms with Gasteiger partial charge in [0.25, 0.3) is 0 Å². The van der Waals surface area contributed by atoms with Crippen LogP contribution in [0.5, 0.6) is 0 Å². The second kappa shape index (κ2) is 5.35. The summed E-state index contributed by atoms with van der Waals surface area (Å²) in [6, 6.07) is 0.900. The fraction of sp³-hybridized carbons (Fsp3) is 0.333. The van der Waals surface area contributed by atoms with Crippen LogP contribution in [0.4, 0.5) is 5.69 Å². The lowest BCUT2D eigenvalue weighted by atomic mass is 10.1. The number of hydrogen-bond acceptors (Lipinski definition) is 4. The third-order valence-corrected chi connectivity index (χ3v) is 2.49. The molecular weight excluding hydrogens is 218 g/mol. The molecular formula is C9H11NO4S. The lowest BCUT2D eigenvalue weighted by Crippen LogP contribution is -2.29. The zero-order valence-corrected chi connectivity index (χ0v) is 8.66. The van der Waals surface area contributed by atoms with Gasteiger partial charge in [0.15, 0.2) is 0 Å². The molecule has 5 nitrogen and oxygen atoms in total. The van der Waals surface area contributed by atoms with Crippen molar-refractivity contribution in [2.75, 3.05) is 5.32 Å². The van der Waals surface area contributed by atoms with Gasteiger partial charge in [0, 0.05) is 17.5 Å². The van der Waals surface area contributed by atoms with Crippen LogP contribution in [0.25, 0.3) is 0 Å². The third kappa shape index (κ3) is 3.99. The SMILES string of the molecule is O=C(O)CC[C@H](Nc1ccsc1)C(=O)O. The number of carbonyl (C=O) groups is 2. The molecule has 0 aliphatic carbocycles. The molecule has 0 unspecified atom stereocenters. The summed E-state index contributed by atoms with van der Waals surface area (Å²) < 4.78 is 0. The molecule has 0 spiro atoms. The molecule has 3 N–H and O–H groups in total. The van der Waals surface area contributed by atoms with Crippen molar-refractivity contribution in [1.29, 1.82) is 0 Å². The van der Waals surface area contributed by atoms with E-state index in [0.29, 0.717) is 5.69 Å². The van der Waals surface area contributed by atoms with E-state index in [1.807, 2.05) is 5.38 Å². The minimum atomic E-state index is -1.04. The van der Waals surface area contributed by atoms with Gasteiger partial charge in [-0.25, -0.2) is 4.79 Å². The summed E-state index contributed by atoms with van der Waals surface area (Å²) in [5.74, 6) is -2.03. The molecule has 1 heterocycles. The smallest absolute Gasteiger partial charge is 0.326 e. The molecule has 0 aliphatic heterocycles. The molecule has 0 fully saturated rings. The highest BCUT2D eigenvalue weighted by atomic mass is 32.1. The Kier molecular flexibility index (Phi) is 4.11. The average Bonchev–Trinajstić information content (AvgIpc) is 2.63. The number of carboxylic acid groups (broad SMARTS) is 2. The van der Waals surface area contributed by atoms with E-state index in [4.69, 9.17) is 10.2 Å². The lowest BCUT2D eigenvalue weighted by Gasteiger charge is -2.12. The molecule has 0 saturated heterocycles. The van der Waals surface area contributed by atoms with E-state index in [9.17, 15) is 9.59 Å². The molecule has 15 heavy (non-hydrogen) atoms. The first-order chi connectivity index (χ1) is 7.09. The monoisotopic (exact) mass is 229 g/mol. The fourth-order valence-corrected chi connectivity index (χ4v) is 1.67. The van der Waals surface area contributed by atoms with E-state index in [1.54, 1.807) is 11.4 Å². The maximum absolute atomic E-state index is 10.8. The molecule has 1 aromatic rings. The van der Waals surface area contributed by atoms with Gasteiger partial charge in [-0.15, -0.1) is 0 Å². The molecule has 0 bridgehead atoms. The van der Waals surface area contributed by atoms with Crippen LogP contribution in [0.15, 0.2) is 16.8 Å². The number of carboxylic acids is 2. The summed E-state index contributed by atoms with van der Waals surface area (Å²) in [4.78, 5) is 21.1. The van der Waals surface area contributed by atoms with Crippen LogP contribution in [-0.4, -0.2) is 28.2 Å². The number of aliphatic carboxylic acids is 2. The second-order valence-electron chi connectivity index (χ2n) is 2.98. The summed E-state index contributed by atoms with van der Waals surface area (Å²) in [5.41, 5.74) is 0.706. The van der Waals surface area contributed by atoms with Gasteiger partial charge in [0.05, 0.1) is 0 Å². The first-order valence-electron chi connectivity index (χ1n) is 4.33. The average molecular weight is 229 g/mol. The van der Waals surface area contributed by atoms with Gasteiger partial charge in [-0.1, -0.05) is 0 Å². The van der Waals surface area contributed by atoms with Crippen molar-refractivity contribution in [1.82, 2.24) is 0 Å². The quantitative estimate of drug-likeness (QED) is 0.687. The highest BCUT2D eigenvalue weighted by Gasteiger charge is 2.18. The van der Waals surface area contributed by atoms with E-state index in [0.717, 1.165) is 0 Å². The summed E-state index contributed by atoms with van der Waals surface area (Å²) >= 11 is 1.45. The van der Waals surface area contributed by atoms with E-state index in [-0.39, 0.29) is 12.8 Å². The lowest BCUT2D eigenvalue weighted by molar-refractivity contribution is -0.139. The van der Waals surface area contributed by atoms with Gasteiger partial charge >= 0.3 is 11.9 Å². The zero-order chi connectivity index (χ0) is 11.3. The molecule has 0 amide bonds. The van der Waals surface area contributed by atoms with E-state index in [1.165, 1.54) is 11.3 Å². The summed E-state index contributed by atoms with van der Waals surface area (Å²) in [5, 5.41) is 23.6. The van der Waals surface area contributed by atoms with Crippen LogP contribution in [0.1, 0.15) is 12.8 Å². The van der Waals surface area contributed by atoms with Gasteiger partial charge in [-0.3, -0.25) is 4.79 Å². The van der Waals surface area contributed by atoms with Gasteiger partial charge in [0.2, 0.25) is 0 Å². The molecule has 0 radical (unpaired) electrons. The van der Waals surface area contributed by atoms with Crippen LogP contribution in [0, 0.1) is 0 Å². The van der Waals surface area contributed by atoms with Crippen molar-refractivity contribution in [3.8, 4) is 0 Å².